The largest absolute Gasteiger partial charge is 0.418 e. The number of pyridine rings is 2. The number of nitrogens with zero attached hydrogens (tertiary/aromatic N) is 1. The Hall–Kier alpha value is -3.06. The van der Waals surface area contributed by atoms with Crippen LogP contribution in [0.3, 0.4) is 0 Å². The number of hydrogen-bond acceptors (Lipinski definition) is 5. The number of halogens is 1. The Morgan fingerprint density at radius 1 is 1.12 bits per heavy atom. The van der Waals surface area contributed by atoms with Crippen LogP contribution in [0.25, 0.3) is 22.1 Å². The van der Waals surface area contributed by atoms with E-state index >= 15 is 0 Å². The molecule has 8 heteroatoms. The number of benzene rings is 1. The molecule has 0 radical (unpaired) electrons. The summed E-state index contributed by atoms with van der Waals surface area (Å²) in [5, 5.41) is 4.50. The molecule has 0 saturated heterocycles. The Labute approximate surface area is 139 Å². The molecule has 3 heterocycles. The summed E-state index contributed by atoms with van der Waals surface area (Å²) < 4.78 is 4.90. The van der Waals surface area contributed by atoms with Gasteiger partial charge in [-0.25, -0.2) is 9.78 Å². The van der Waals surface area contributed by atoms with Crippen LogP contribution in [-0.4, -0.2) is 15.0 Å². The van der Waals surface area contributed by atoms with Crippen molar-refractivity contribution in [2.75, 3.05) is 5.32 Å². The summed E-state index contributed by atoms with van der Waals surface area (Å²) in [4.78, 5) is 32.8. The fraction of sp³-hybridized carbons (Fsp3) is 0.0625. The smallest absolute Gasteiger partial charge is 0.406 e. The second-order valence-corrected chi connectivity index (χ2v) is 5.70. The number of rotatable bonds is 3. The standard InChI is InChI=1S/C16H11ClN4O3/c17-10-1-2-11-8(6-10)5-9(15(22)19-11)7-18-13-4-3-12-14(20-13)21-16(23)24-12/h1-6H,7H2,(H,19,22)(H2,18,20,21,23). The zero-order chi connectivity index (χ0) is 16.7. The molecular formula is C16H11ClN4O3. The van der Waals surface area contributed by atoms with Crippen LogP contribution in [0.1, 0.15) is 5.56 Å². The van der Waals surface area contributed by atoms with Gasteiger partial charge in [-0.05, 0) is 36.4 Å². The second-order valence-electron chi connectivity index (χ2n) is 5.27. The first-order chi connectivity index (χ1) is 11.6. The van der Waals surface area contributed by atoms with Crippen LogP contribution in [0, 0.1) is 0 Å². The number of hydrogen-bond donors (Lipinski definition) is 3. The molecule has 0 fully saturated rings. The maximum atomic E-state index is 12.1. The molecule has 0 unspecified atom stereocenters. The number of anilines is 1. The molecule has 120 valence electrons. The van der Waals surface area contributed by atoms with Gasteiger partial charge in [-0.1, -0.05) is 11.6 Å². The van der Waals surface area contributed by atoms with Crippen molar-refractivity contribution in [1.29, 1.82) is 0 Å². The topological polar surface area (TPSA) is 104 Å². The number of fused-ring (bicyclic) bond motifs is 2. The van der Waals surface area contributed by atoms with Gasteiger partial charge in [-0.15, -0.1) is 0 Å². The van der Waals surface area contributed by atoms with Crippen molar-refractivity contribution < 1.29 is 4.42 Å². The molecule has 0 bridgehead atoms. The summed E-state index contributed by atoms with van der Waals surface area (Å²) in [6.07, 6.45) is 0. The van der Waals surface area contributed by atoms with Crippen molar-refractivity contribution in [2.45, 2.75) is 6.54 Å². The third-order valence-corrected chi connectivity index (χ3v) is 3.86. The lowest BCUT2D eigenvalue weighted by atomic mass is 10.1. The molecule has 0 saturated carbocycles. The molecule has 0 amide bonds. The molecular weight excluding hydrogens is 332 g/mol. The van der Waals surface area contributed by atoms with Crippen molar-refractivity contribution >= 4 is 39.6 Å². The Balaban J connectivity index is 1.64. The van der Waals surface area contributed by atoms with Crippen molar-refractivity contribution in [3.05, 3.63) is 67.9 Å². The van der Waals surface area contributed by atoms with E-state index in [4.69, 9.17) is 16.0 Å². The van der Waals surface area contributed by atoms with Crippen LogP contribution in [0.5, 0.6) is 0 Å². The predicted molar refractivity (Wildman–Crippen MR) is 91.5 cm³/mol. The van der Waals surface area contributed by atoms with E-state index in [1.807, 2.05) is 0 Å². The van der Waals surface area contributed by atoms with Crippen LogP contribution in [0.2, 0.25) is 5.02 Å². The summed E-state index contributed by atoms with van der Waals surface area (Å²) in [5.41, 5.74) is 1.82. The number of H-pyrrole nitrogens is 2. The molecule has 0 aliphatic heterocycles. The van der Waals surface area contributed by atoms with Crippen LogP contribution < -0.4 is 16.6 Å². The monoisotopic (exact) mass is 342 g/mol. The summed E-state index contributed by atoms with van der Waals surface area (Å²) in [6, 6.07) is 10.4. The number of nitrogens with one attached hydrogen (secondary N) is 3. The lowest BCUT2D eigenvalue weighted by Crippen LogP contribution is -2.16. The molecule has 4 rings (SSSR count). The number of aromatic nitrogens is 3. The van der Waals surface area contributed by atoms with Gasteiger partial charge in [0.1, 0.15) is 5.82 Å². The average molecular weight is 343 g/mol. The van der Waals surface area contributed by atoms with Gasteiger partial charge in [-0.2, -0.15) is 0 Å². The van der Waals surface area contributed by atoms with E-state index in [-0.39, 0.29) is 12.1 Å². The minimum atomic E-state index is -0.558. The van der Waals surface area contributed by atoms with Crippen molar-refractivity contribution in [2.24, 2.45) is 0 Å². The summed E-state index contributed by atoms with van der Waals surface area (Å²) >= 11 is 5.99. The molecule has 24 heavy (non-hydrogen) atoms. The highest BCUT2D eigenvalue weighted by atomic mass is 35.5. The van der Waals surface area contributed by atoms with Gasteiger partial charge in [0.15, 0.2) is 11.2 Å². The first-order valence-electron chi connectivity index (χ1n) is 7.14. The second kappa shape index (κ2) is 5.54. The molecule has 1 aromatic carbocycles. The molecule has 0 aliphatic rings. The first kappa shape index (κ1) is 14.5. The molecule has 3 aromatic heterocycles. The maximum absolute atomic E-state index is 12.1. The van der Waals surface area contributed by atoms with Crippen molar-refractivity contribution in [3.63, 3.8) is 0 Å². The zero-order valence-electron chi connectivity index (χ0n) is 12.2. The van der Waals surface area contributed by atoms with Crippen LogP contribution in [0.15, 0.2) is 50.4 Å². The molecule has 0 aliphatic carbocycles. The van der Waals surface area contributed by atoms with Gasteiger partial charge in [0.2, 0.25) is 0 Å². The Morgan fingerprint density at radius 2 is 2.00 bits per heavy atom. The number of aromatic amines is 2. The SMILES string of the molecule is O=c1[nH]c2nc(NCc3cc4cc(Cl)ccc4[nH]c3=O)ccc2o1. The van der Waals surface area contributed by atoms with Crippen LogP contribution >= 0.6 is 11.6 Å². The average Bonchev–Trinajstić information content (AvgIpc) is 2.92. The Kier molecular flexibility index (Phi) is 3.35. The highest BCUT2D eigenvalue weighted by Gasteiger charge is 2.06. The van der Waals surface area contributed by atoms with E-state index in [1.165, 1.54) is 0 Å². The van der Waals surface area contributed by atoms with Gasteiger partial charge >= 0.3 is 5.76 Å². The fourth-order valence-corrected chi connectivity index (χ4v) is 2.66. The highest BCUT2D eigenvalue weighted by Crippen LogP contribution is 2.18. The maximum Gasteiger partial charge on any atom is 0.418 e. The zero-order valence-corrected chi connectivity index (χ0v) is 13.0. The van der Waals surface area contributed by atoms with Gasteiger partial charge in [0, 0.05) is 28.0 Å². The fourth-order valence-electron chi connectivity index (χ4n) is 2.48. The molecule has 0 atom stereocenters. The van der Waals surface area contributed by atoms with Crippen molar-refractivity contribution in [1.82, 2.24) is 15.0 Å². The first-order valence-corrected chi connectivity index (χ1v) is 7.51. The van der Waals surface area contributed by atoms with Crippen LogP contribution in [0.4, 0.5) is 5.82 Å². The normalized spacial score (nSPS) is 11.2. The van der Waals surface area contributed by atoms with E-state index in [0.717, 1.165) is 10.9 Å². The van der Waals surface area contributed by atoms with E-state index in [9.17, 15) is 9.59 Å². The minimum absolute atomic E-state index is 0.185. The quantitative estimate of drug-likeness (QED) is 0.531. The van der Waals surface area contributed by atoms with E-state index in [1.54, 1.807) is 36.4 Å². The van der Waals surface area contributed by atoms with Gasteiger partial charge in [-0.3, -0.25) is 9.78 Å². The number of oxazole rings is 1. The van der Waals surface area contributed by atoms with E-state index in [2.05, 4.69) is 20.3 Å². The van der Waals surface area contributed by atoms with Crippen LogP contribution in [-0.2, 0) is 6.54 Å². The Bertz CT molecular complexity index is 1180. The van der Waals surface area contributed by atoms with Gasteiger partial charge in [0.05, 0.1) is 0 Å². The molecule has 3 N–H and O–H groups in total. The van der Waals surface area contributed by atoms with Gasteiger partial charge in [0.25, 0.3) is 5.56 Å². The summed E-state index contributed by atoms with van der Waals surface area (Å²) in [5.74, 6) is -0.0392. The highest BCUT2D eigenvalue weighted by molar-refractivity contribution is 6.31. The van der Waals surface area contributed by atoms with E-state index < -0.39 is 5.76 Å². The van der Waals surface area contributed by atoms with E-state index in [0.29, 0.717) is 27.6 Å². The van der Waals surface area contributed by atoms with Crippen molar-refractivity contribution in [3.8, 4) is 0 Å². The third-order valence-electron chi connectivity index (χ3n) is 3.62. The minimum Gasteiger partial charge on any atom is -0.406 e. The summed E-state index contributed by atoms with van der Waals surface area (Å²) in [6.45, 7) is 0.276. The third kappa shape index (κ3) is 2.65. The Morgan fingerprint density at radius 3 is 2.88 bits per heavy atom. The summed E-state index contributed by atoms with van der Waals surface area (Å²) in [7, 11) is 0. The lowest BCUT2D eigenvalue weighted by molar-refractivity contribution is 0.555. The van der Waals surface area contributed by atoms with Gasteiger partial charge < -0.3 is 14.7 Å². The molecule has 4 aromatic rings. The molecule has 7 nitrogen and oxygen atoms in total. The lowest BCUT2D eigenvalue weighted by Gasteiger charge is -2.06. The molecule has 0 spiro atoms. The predicted octanol–water partition coefficient (Wildman–Crippen LogP) is 2.62.